The van der Waals surface area contributed by atoms with Crippen LogP contribution in [0.25, 0.3) is 0 Å². The van der Waals surface area contributed by atoms with Crippen molar-refractivity contribution in [2.75, 3.05) is 39.3 Å². The molecule has 2 heterocycles. The highest BCUT2D eigenvalue weighted by Crippen LogP contribution is 2.23. The number of ether oxygens (including phenoxy) is 1. The maximum Gasteiger partial charge on any atom is 0.254 e. The van der Waals surface area contributed by atoms with E-state index in [2.05, 4.69) is 39.4 Å². The number of nitrogens with one attached hydrogen (secondary N) is 1. The molecular formula is C28H39N3O2. The van der Waals surface area contributed by atoms with E-state index in [1.165, 1.54) is 31.5 Å². The number of carbonyl (C=O) groups is 1. The molecule has 1 atom stereocenters. The van der Waals surface area contributed by atoms with Crippen molar-refractivity contribution in [3.05, 3.63) is 65.7 Å². The lowest BCUT2D eigenvalue weighted by molar-refractivity contribution is 0.0708. The van der Waals surface area contributed by atoms with Crippen LogP contribution < -0.4 is 10.1 Å². The smallest absolute Gasteiger partial charge is 0.254 e. The Morgan fingerprint density at radius 1 is 0.909 bits per heavy atom. The predicted molar refractivity (Wildman–Crippen MR) is 134 cm³/mol. The first-order valence-electron chi connectivity index (χ1n) is 12.8. The van der Waals surface area contributed by atoms with Gasteiger partial charge >= 0.3 is 0 Å². The zero-order valence-corrected chi connectivity index (χ0v) is 19.9. The number of hydrogen-bond donors (Lipinski definition) is 1. The van der Waals surface area contributed by atoms with E-state index in [9.17, 15) is 4.79 Å². The van der Waals surface area contributed by atoms with Gasteiger partial charge in [0.25, 0.3) is 5.91 Å². The summed E-state index contributed by atoms with van der Waals surface area (Å²) in [5.74, 6) is 1.02. The van der Waals surface area contributed by atoms with Crippen molar-refractivity contribution >= 4 is 5.91 Å². The summed E-state index contributed by atoms with van der Waals surface area (Å²) in [7, 11) is 0. The van der Waals surface area contributed by atoms with E-state index in [-0.39, 0.29) is 5.91 Å². The summed E-state index contributed by atoms with van der Waals surface area (Å²) in [4.78, 5) is 17.7. The predicted octanol–water partition coefficient (Wildman–Crippen LogP) is 4.73. The van der Waals surface area contributed by atoms with E-state index >= 15 is 0 Å². The number of hydrogen-bond acceptors (Lipinski definition) is 4. The maximum atomic E-state index is 13.1. The third kappa shape index (κ3) is 7.31. The van der Waals surface area contributed by atoms with Gasteiger partial charge in [0.05, 0.1) is 6.61 Å². The third-order valence-corrected chi connectivity index (χ3v) is 6.85. The second-order valence-corrected chi connectivity index (χ2v) is 9.40. The van der Waals surface area contributed by atoms with Gasteiger partial charge < -0.3 is 19.9 Å². The van der Waals surface area contributed by atoms with E-state index in [4.69, 9.17) is 4.74 Å². The fraction of sp³-hybridized carbons (Fsp3) is 0.536. The molecule has 2 aromatic rings. The van der Waals surface area contributed by atoms with Crippen molar-refractivity contribution in [3.63, 3.8) is 0 Å². The van der Waals surface area contributed by atoms with Crippen molar-refractivity contribution in [1.82, 2.24) is 15.1 Å². The van der Waals surface area contributed by atoms with Crippen LogP contribution in [0.15, 0.2) is 54.6 Å². The van der Waals surface area contributed by atoms with Gasteiger partial charge in [0.1, 0.15) is 5.75 Å². The normalized spacial score (nSPS) is 18.7. The van der Waals surface area contributed by atoms with Gasteiger partial charge in [-0.3, -0.25) is 4.79 Å². The lowest BCUT2D eigenvalue weighted by Gasteiger charge is -2.28. The zero-order valence-electron chi connectivity index (χ0n) is 19.9. The molecule has 4 rings (SSSR count). The third-order valence-electron chi connectivity index (χ3n) is 6.85. The van der Waals surface area contributed by atoms with Crippen LogP contribution in [0.5, 0.6) is 5.75 Å². The van der Waals surface area contributed by atoms with E-state index < -0.39 is 0 Å². The Balaban J connectivity index is 1.11. The molecule has 5 nitrogen and oxygen atoms in total. The van der Waals surface area contributed by atoms with Crippen LogP contribution in [0, 0.1) is 0 Å². The van der Waals surface area contributed by atoms with Crippen molar-refractivity contribution in [2.45, 2.75) is 57.5 Å². The minimum Gasteiger partial charge on any atom is -0.494 e. The highest BCUT2D eigenvalue weighted by Gasteiger charge is 2.31. The molecule has 178 valence electrons. The van der Waals surface area contributed by atoms with Crippen LogP contribution in [0.4, 0.5) is 0 Å². The van der Waals surface area contributed by atoms with Gasteiger partial charge in [0, 0.05) is 31.2 Å². The monoisotopic (exact) mass is 449 g/mol. The summed E-state index contributed by atoms with van der Waals surface area (Å²) < 4.78 is 5.90. The maximum absolute atomic E-state index is 13.1. The fourth-order valence-corrected chi connectivity index (χ4v) is 4.96. The number of unbranched alkanes of at least 4 members (excludes halogenated alkanes) is 2. The molecule has 0 bridgehead atoms. The minimum absolute atomic E-state index is 0.172. The number of likely N-dealkylation sites (tertiary alicyclic amines) is 2. The first kappa shape index (κ1) is 23.8. The standard InChI is InChI=1S/C28H39N3O2/c32-28(31-20-9-12-26(31)23-30-18-6-7-19-30)25-13-15-27(16-14-25)33-21-8-2-5-17-29-22-24-10-3-1-4-11-24/h1,3-4,10-11,13-16,26,29H,2,5-9,12,17-23H2/t26-/m0/s1. The van der Waals surface area contributed by atoms with Crippen molar-refractivity contribution in [2.24, 2.45) is 0 Å². The summed E-state index contributed by atoms with van der Waals surface area (Å²) in [6.45, 7) is 6.98. The Kier molecular flexibility index (Phi) is 9.19. The Bertz CT molecular complexity index is 834. The van der Waals surface area contributed by atoms with Gasteiger partial charge in [0.15, 0.2) is 0 Å². The lowest BCUT2D eigenvalue weighted by Crippen LogP contribution is -2.42. The van der Waals surface area contributed by atoms with Crippen LogP contribution in [0.1, 0.15) is 60.9 Å². The van der Waals surface area contributed by atoms with Crippen LogP contribution >= 0.6 is 0 Å². The first-order valence-corrected chi connectivity index (χ1v) is 12.8. The molecule has 0 radical (unpaired) electrons. The quantitative estimate of drug-likeness (QED) is 0.476. The molecule has 0 aliphatic carbocycles. The molecular weight excluding hydrogens is 410 g/mol. The number of carbonyl (C=O) groups excluding carboxylic acids is 1. The number of benzene rings is 2. The number of amides is 1. The first-order chi connectivity index (χ1) is 16.3. The van der Waals surface area contributed by atoms with Crippen LogP contribution in [0.3, 0.4) is 0 Å². The molecule has 0 spiro atoms. The fourth-order valence-electron chi connectivity index (χ4n) is 4.96. The summed E-state index contributed by atoms with van der Waals surface area (Å²) in [6.07, 6.45) is 8.18. The molecule has 0 saturated carbocycles. The van der Waals surface area contributed by atoms with Gasteiger partial charge in [-0.15, -0.1) is 0 Å². The van der Waals surface area contributed by atoms with Crippen LogP contribution in [-0.2, 0) is 6.54 Å². The average molecular weight is 450 g/mol. The van der Waals surface area contributed by atoms with E-state index in [0.717, 1.165) is 76.2 Å². The van der Waals surface area contributed by atoms with Gasteiger partial charge in [-0.1, -0.05) is 30.3 Å². The minimum atomic E-state index is 0.172. The molecule has 2 aliphatic heterocycles. The average Bonchev–Trinajstić information content (AvgIpc) is 3.54. The van der Waals surface area contributed by atoms with Crippen LogP contribution in [0.2, 0.25) is 0 Å². The van der Waals surface area contributed by atoms with Gasteiger partial charge in [0.2, 0.25) is 0 Å². The SMILES string of the molecule is O=C(c1ccc(OCCCCCNCc2ccccc2)cc1)N1CCC[C@H]1CN1CCCC1. The Morgan fingerprint density at radius 3 is 2.48 bits per heavy atom. The van der Waals surface area contributed by atoms with Gasteiger partial charge in [-0.2, -0.15) is 0 Å². The summed E-state index contributed by atoms with van der Waals surface area (Å²) in [5, 5.41) is 3.49. The number of nitrogens with zero attached hydrogens (tertiary/aromatic N) is 2. The molecule has 1 amide bonds. The highest BCUT2D eigenvalue weighted by atomic mass is 16.5. The van der Waals surface area contributed by atoms with Gasteiger partial charge in [-0.05, 0) is 94.4 Å². The van der Waals surface area contributed by atoms with Crippen molar-refractivity contribution in [3.8, 4) is 5.75 Å². The van der Waals surface area contributed by atoms with E-state index in [1.54, 1.807) is 0 Å². The van der Waals surface area contributed by atoms with Crippen molar-refractivity contribution in [1.29, 1.82) is 0 Å². The zero-order chi connectivity index (χ0) is 22.7. The topological polar surface area (TPSA) is 44.8 Å². The molecule has 1 N–H and O–H groups in total. The molecule has 33 heavy (non-hydrogen) atoms. The molecule has 5 heteroatoms. The summed E-state index contributed by atoms with van der Waals surface area (Å²) in [5.41, 5.74) is 2.11. The lowest BCUT2D eigenvalue weighted by atomic mass is 10.1. The molecule has 2 aliphatic rings. The van der Waals surface area contributed by atoms with Crippen LogP contribution in [-0.4, -0.2) is 61.1 Å². The second-order valence-electron chi connectivity index (χ2n) is 9.40. The largest absolute Gasteiger partial charge is 0.494 e. The Morgan fingerprint density at radius 2 is 1.70 bits per heavy atom. The molecule has 0 unspecified atom stereocenters. The van der Waals surface area contributed by atoms with Crippen molar-refractivity contribution < 1.29 is 9.53 Å². The summed E-state index contributed by atoms with van der Waals surface area (Å²) in [6, 6.07) is 18.6. The van der Waals surface area contributed by atoms with Gasteiger partial charge in [-0.25, -0.2) is 0 Å². The summed E-state index contributed by atoms with van der Waals surface area (Å²) >= 11 is 0. The highest BCUT2D eigenvalue weighted by molar-refractivity contribution is 5.94. The molecule has 0 aromatic heterocycles. The van der Waals surface area contributed by atoms with E-state index in [1.807, 2.05) is 30.3 Å². The number of rotatable bonds is 12. The molecule has 2 aromatic carbocycles. The molecule has 2 fully saturated rings. The van der Waals surface area contributed by atoms with E-state index in [0.29, 0.717) is 6.04 Å². The Labute approximate surface area is 199 Å². The Hall–Kier alpha value is -2.37. The molecule has 2 saturated heterocycles. The second kappa shape index (κ2) is 12.8.